The van der Waals surface area contributed by atoms with E-state index in [1.807, 2.05) is 0 Å². The number of nitrogens with one attached hydrogen (secondary N) is 1. The SMILES string of the molecule is COCCNc1cc(C(=O)N2CCN(c3ccc(F)cc3)CC2)ncn1. The fraction of sp³-hybridized carbons (Fsp3) is 0.389. The number of piperazine rings is 1. The van der Waals surface area contributed by atoms with Gasteiger partial charge in [0.15, 0.2) is 0 Å². The summed E-state index contributed by atoms with van der Waals surface area (Å²) in [5.74, 6) is 0.243. The molecule has 7 nitrogen and oxygen atoms in total. The summed E-state index contributed by atoms with van der Waals surface area (Å²) in [6.45, 7) is 3.73. The van der Waals surface area contributed by atoms with Crippen LogP contribution in [0, 0.1) is 5.82 Å². The number of ether oxygens (including phenoxy) is 1. The van der Waals surface area contributed by atoms with Crippen molar-refractivity contribution in [2.24, 2.45) is 0 Å². The van der Waals surface area contributed by atoms with E-state index in [4.69, 9.17) is 4.74 Å². The van der Waals surface area contributed by atoms with Crippen LogP contribution in [0.4, 0.5) is 15.9 Å². The number of hydrogen-bond donors (Lipinski definition) is 1. The number of benzene rings is 1. The topological polar surface area (TPSA) is 70.6 Å². The Labute approximate surface area is 151 Å². The van der Waals surface area contributed by atoms with Gasteiger partial charge in [-0.25, -0.2) is 14.4 Å². The first-order chi connectivity index (χ1) is 12.7. The molecule has 1 N–H and O–H groups in total. The Kier molecular flexibility index (Phi) is 5.96. The zero-order chi connectivity index (χ0) is 18.4. The van der Waals surface area contributed by atoms with Crippen molar-refractivity contribution in [3.05, 3.63) is 48.2 Å². The highest BCUT2D eigenvalue weighted by Gasteiger charge is 2.23. The molecule has 1 saturated heterocycles. The van der Waals surface area contributed by atoms with Crippen molar-refractivity contribution in [2.45, 2.75) is 0 Å². The lowest BCUT2D eigenvalue weighted by Crippen LogP contribution is -2.49. The summed E-state index contributed by atoms with van der Waals surface area (Å²) >= 11 is 0. The smallest absolute Gasteiger partial charge is 0.272 e. The number of halogens is 1. The van der Waals surface area contributed by atoms with Crippen molar-refractivity contribution in [2.75, 3.05) is 56.7 Å². The second-order valence-corrected chi connectivity index (χ2v) is 5.96. The van der Waals surface area contributed by atoms with Crippen molar-refractivity contribution in [3.8, 4) is 0 Å². The molecule has 0 spiro atoms. The van der Waals surface area contributed by atoms with Crippen LogP contribution in [-0.4, -0.2) is 67.2 Å². The van der Waals surface area contributed by atoms with Gasteiger partial charge in [-0.1, -0.05) is 0 Å². The fourth-order valence-electron chi connectivity index (χ4n) is 2.83. The third-order valence-corrected chi connectivity index (χ3v) is 4.26. The largest absolute Gasteiger partial charge is 0.383 e. The van der Waals surface area contributed by atoms with E-state index in [0.29, 0.717) is 50.8 Å². The molecule has 1 aliphatic rings. The molecule has 2 heterocycles. The minimum Gasteiger partial charge on any atom is -0.383 e. The molecule has 0 radical (unpaired) electrons. The molecule has 1 aromatic heterocycles. The van der Waals surface area contributed by atoms with E-state index in [-0.39, 0.29) is 11.7 Å². The summed E-state index contributed by atoms with van der Waals surface area (Å²) in [6.07, 6.45) is 1.39. The maximum Gasteiger partial charge on any atom is 0.272 e. The van der Waals surface area contributed by atoms with E-state index in [1.54, 1.807) is 30.2 Å². The molecule has 26 heavy (non-hydrogen) atoms. The highest BCUT2D eigenvalue weighted by Crippen LogP contribution is 2.18. The van der Waals surface area contributed by atoms with Gasteiger partial charge < -0.3 is 19.9 Å². The van der Waals surface area contributed by atoms with Gasteiger partial charge in [0, 0.05) is 51.6 Å². The molecule has 0 aliphatic carbocycles. The van der Waals surface area contributed by atoms with Gasteiger partial charge in [-0.3, -0.25) is 4.79 Å². The lowest BCUT2D eigenvalue weighted by Gasteiger charge is -2.36. The van der Waals surface area contributed by atoms with Gasteiger partial charge in [0.25, 0.3) is 5.91 Å². The van der Waals surface area contributed by atoms with Gasteiger partial charge in [-0.05, 0) is 24.3 Å². The Balaban J connectivity index is 1.58. The van der Waals surface area contributed by atoms with E-state index in [9.17, 15) is 9.18 Å². The Morgan fingerprint density at radius 1 is 1.19 bits per heavy atom. The molecule has 0 atom stereocenters. The molecular formula is C18H22FN5O2. The summed E-state index contributed by atoms with van der Waals surface area (Å²) in [5.41, 5.74) is 1.33. The van der Waals surface area contributed by atoms with E-state index in [0.717, 1.165) is 5.69 Å². The number of carbonyl (C=O) groups is 1. The number of nitrogens with zero attached hydrogens (tertiary/aromatic N) is 4. The van der Waals surface area contributed by atoms with Gasteiger partial charge in [-0.15, -0.1) is 0 Å². The van der Waals surface area contributed by atoms with Crippen LogP contribution in [0.1, 0.15) is 10.5 Å². The zero-order valence-electron chi connectivity index (χ0n) is 14.7. The Bertz CT molecular complexity index is 733. The molecule has 1 aliphatic heterocycles. The predicted octanol–water partition coefficient (Wildman–Crippen LogP) is 1.64. The molecule has 138 valence electrons. The third kappa shape index (κ3) is 4.45. The van der Waals surface area contributed by atoms with E-state index in [1.165, 1.54) is 18.5 Å². The maximum atomic E-state index is 13.0. The second kappa shape index (κ2) is 8.57. The van der Waals surface area contributed by atoms with E-state index < -0.39 is 0 Å². The first-order valence-corrected chi connectivity index (χ1v) is 8.52. The van der Waals surface area contributed by atoms with Crippen molar-refractivity contribution in [1.82, 2.24) is 14.9 Å². The van der Waals surface area contributed by atoms with E-state index >= 15 is 0 Å². The monoisotopic (exact) mass is 359 g/mol. The highest BCUT2D eigenvalue weighted by atomic mass is 19.1. The molecular weight excluding hydrogens is 337 g/mol. The maximum absolute atomic E-state index is 13.0. The van der Waals surface area contributed by atoms with Gasteiger partial charge in [0.1, 0.15) is 23.7 Å². The number of carbonyl (C=O) groups excluding carboxylic acids is 1. The van der Waals surface area contributed by atoms with Gasteiger partial charge in [0.2, 0.25) is 0 Å². The molecule has 1 amide bonds. The molecule has 0 unspecified atom stereocenters. The van der Waals surface area contributed by atoms with Crippen molar-refractivity contribution >= 4 is 17.4 Å². The molecule has 8 heteroatoms. The second-order valence-electron chi connectivity index (χ2n) is 5.96. The summed E-state index contributed by atoms with van der Waals surface area (Å²) < 4.78 is 18.0. The molecule has 2 aromatic rings. The average molecular weight is 359 g/mol. The van der Waals surface area contributed by atoms with Crippen LogP contribution in [0.3, 0.4) is 0 Å². The summed E-state index contributed by atoms with van der Waals surface area (Å²) in [6, 6.07) is 8.08. The number of methoxy groups -OCH3 is 1. The predicted molar refractivity (Wildman–Crippen MR) is 96.9 cm³/mol. The van der Waals surface area contributed by atoms with Crippen molar-refractivity contribution in [3.63, 3.8) is 0 Å². The number of hydrogen-bond acceptors (Lipinski definition) is 6. The molecule has 1 fully saturated rings. The van der Waals surface area contributed by atoms with Crippen molar-refractivity contribution < 1.29 is 13.9 Å². The van der Waals surface area contributed by atoms with Gasteiger partial charge in [-0.2, -0.15) is 0 Å². The Morgan fingerprint density at radius 2 is 1.92 bits per heavy atom. The number of rotatable bonds is 6. The lowest BCUT2D eigenvalue weighted by molar-refractivity contribution is 0.0740. The normalized spacial score (nSPS) is 14.4. The van der Waals surface area contributed by atoms with Crippen LogP contribution in [0.15, 0.2) is 36.7 Å². The van der Waals surface area contributed by atoms with Crippen molar-refractivity contribution in [1.29, 1.82) is 0 Å². The number of amides is 1. The van der Waals surface area contributed by atoms with Crippen LogP contribution in [0.2, 0.25) is 0 Å². The van der Waals surface area contributed by atoms with Crippen LogP contribution >= 0.6 is 0 Å². The molecule has 0 saturated carbocycles. The summed E-state index contributed by atoms with van der Waals surface area (Å²) in [7, 11) is 1.63. The molecule has 3 rings (SSSR count). The third-order valence-electron chi connectivity index (χ3n) is 4.26. The van der Waals surface area contributed by atoms with Crippen LogP contribution in [0.5, 0.6) is 0 Å². The van der Waals surface area contributed by atoms with Gasteiger partial charge in [0.05, 0.1) is 6.61 Å². The number of aromatic nitrogens is 2. The molecule has 1 aromatic carbocycles. The van der Waals surface area contributed by atoms with Gasteiger partial charge >= 0.3 is 0 Å². The standard InChI is InChI=1S/C18H22FN5O2/c1-26-11-6-20-17-12-16(21-13-22-17)18(25)24-9-7-23(8-10-24)15-4-2-14(19)3-5-15/h2-5,12-13H,6-11H2,1H3,(H,20,21,22). The fourth-order valence-corrected chi connectivity index (χ4v) is 2.83. The lowest BCUT2D eigenvalue weighted by atomic mass is 10.2. The van der Waals surface area contributed by atoms with Crippen LogP contribution < -0.4 is 10.2 Å². The summed E-state index contributed by atoms with van der Waals surface area (Å²) in [5, 5.41) is 3.09. The molecule has 0 bridgehead atoms. The van der Waals surface area contributed by atoms with E-state index in [2.05, 4.69) is 20.2 Å². The average Bonchev–Trinajstić information content (AvgIpc) is 2.69. The first-order valence-electron chi connectivity index (χ1n) is 8.52. The Hall–Kier alpha value is -2.74. The summed E-state index contributed by atoms with van der Waals surface area (Å²) in [4.78, 5) is 24.8. The van der Waals surface area contributed by atoms with Crippen LogP contribution in [-0.2, 0) is 4.74 Å². The first kappa shape index (κ1) is 18.1. The quantitative estimate of drug-likeness (QED) is 0.791. The Morgan fingerprint density at radius 3 is 2.62 bits per heavy atom. The highest BCUT2D eigenvalue weighted by molar-refractivity contribution is 5.93. The van der Waals surface area contributed by atoms with Crippen LogP contribution in [0.25, 0.3) is 0 Å². The number of anilines is 2. The minimum absolute atomic E-state index is 0.110. The minimum atomic E-state index is -0.249. The zero-order valence-corrected chi connectivity index (χ0v) is 14.7.